The molecule has 1 atom stereocenters. The number of hydrogen-bond donors (Lipinski definition) is 0. The van der Waals surface area contributed by atoms with Gasteiger partial charge in [0.25, 0.3) is 0 Å². The number of ether oxygens (including phenoxy) is 4. The number of allylic oxidation sites excluding steroid dienone is 1. The summed E-state index contributed by atoms with van der Waals surface area (Å²) >= 11 is 0. The van der Waals surface area contributed by atoms with Crippen LogP contribution in [0.15, 0.2) is 12.3 Å². The van der Waals surface area contributed by atoms with E-state index in [1.807, 2.05) is 25.5 Å². The molecule has 3 heterocycles. The highest BCUT2D eigenvalue weighted by atomic mass is 16.7. The van der Waals surface area contributed by atoms with Crippen LogP contribution in [0.25, 0.3) is 5.57 Å². The van der Waals surface area contributed by atoms with Crippen molar-refractivity contribution in [3.63, 3.8) is 0 Å². The maximum absolute atomic E-state index is 12.3. The van der Waals surface area contributed by atoms with E-state index in [1.165, 1.54) is 11.1 Å². The molecule has 0 unspecified atom stereocenters. The molecule has 1 aromatic rings. The highest BCUT2D eigenvalue weighted by Crippen LogP contribution is 2.39. The van der Waals surface area contributed by atoms with Crippen molar-refractivity contribution in [3.8, 4) is 0 Å². The summed E-state index contributed by atoms with van der Waals surface area (Å²) < 4.78 is 25.3. The molecular formula is C26H42N4O5. The minimum absolute atomic E-state index is 0.00288. The highest BCUT2D eigenvalue weighted by molar-refractivity contribution is 5.67. The number of amides is 1. The van der Waals surface area contributed by atoms with E-state index in [0.717, 1.165) is 63.9 Å². The van der Waals surface area contributed by atoms with Gasteiger partial charge in [-0.2, -0.15) is 5.10 Å². The van der Waals surface area contributed by atoms with Gasteiger partial charge in [-0.15, -0.1) is 0 Å². The van der Waals surface area contributed by atoms with E-state index in [4.69, 9.17) is 24.0 Å². The number of carbonyl (C=O) groups excluding carboxylic acids is 1. The molecule has 1 spiro atoms. The Hall–Kier alpha value is -1.94. The van der Waals surface area contributed by atoms with Crippen LogP contribution in [-0.4, -0.2) is 84.1 Å². The average Bonchev–Trinajstić information content (AvgIpc) is 3.45. The monoisotopic (exact) mass is 490 g/mol. The molecule has 2 saturated heterocycles. The largest absolute Gasteiger partial charge is 0.444 e. The fourth-order valence-electron chi connectivity index (χ4n) is 4.80. The third kappa shape index (κ3) is 6.84. The van der Waals surface area contributed by atoms with Gasteiger partial charge in [0.15, 0.2) is 5.79 Å². The SMILES string of the molecule is CN(CCN(C)C(=O)OC(C)(C)C)Cc1cn([C@H]2CCCCO2)nc1C1=CCC2(CC1)OCCO2. The van der Waals surface area contributed by atoms with Crippen molar-refractivity contribution in [2.75, 3.05) is 47.0 Å². The van der Waals surface area contributed by atoms with Crippen molar-refractivity contribution in [2.45, 2.75) is 83.5 Å². The van der Waals surface area contributed by atoms with Gasteiger partial charge >= 0.3 is 6.09 Å². The second-order valence-corrected chi connectivity index (χ2v) is 11.0. The van der Waals surface area contributed by atoms with E-state index < -0.39 is 11.4 Å². The lowest BCUT2D eigenvalue weighted by molar-refractivity contribution is -0.159. The molecule has 0 radical (unpaired) electrons. The summed E-state index contributed by atoms with van der Waals surface area (Å²) in [5.41, 5.74) is 2.97. The minimum atomic E-state index is -0.497. The fraction of sp³-hybridized carbons (Fsp3) is 0.769. The third-order valence-corrected chi connectivity index (χ3v) is 6.77. The summed E-state index contributed by atoms with van der Waals surface area (Å²) in [5.74, 6) is -0.443. The molecule has 0 saturated carbocycles. The number of rotatable bonds is 7. The van der Waals surface area contributed by atoms with E-state index in [1.54, 1.807) is 11.9 Å². The van der Waals surface area contributed by atoms with Gasteiger partial charge in [0.05, 0.1) is 18.9 Å². The first-order chi connectivity index (χ1) is 16.6. The van der Waals surface area contributed by atoms with E-state index in [2.05, 4.69) is 24.2 Å². The molecule has 0 bridgehead atoms. The van der Waals surface area contributed by atoms with Gasteiger partial charge in [0.1, 0.15) is 11.8 Å². The molecule has 0 N–H and O–H groups in total. The molecule has 4 rings (SSSR count). The lowest BCUT2D eigenvalue weighted by Gasteiger charge is -2.30. The number of nitrogens with zero attached hydrogens (tertiary/aromatic N) is 4. The minimum Gasteiger partial charge on any atom is -0.444 e. The Labute approximate surface area is 209 Å². The van der Waals surface area contributed by atoms with Gasteiger partial charge in [0.2, 0.25) is 0 Å². The maximum atomic E-state index is 12.3. The topological polar surface area (TPSA) is 78.3 Å². The molecule has 1 amide bonds. The first-order valence-corrected chi connectivity index (χ1v) is 12.9. The Kier molecular flexibility index (Phi) is 8.20. The Morgan fingerprint density at radius 2 is 1.97 bits per heavy atom. The lowest BCUT2D eigenvalue weighted by Crippen LogP contribution is -2.38. The van der Waals surface area contributed by atoms with E-state index in [9.17, 15) is 4.79 Å². The quantitative estimate of drug-likeness (QED) is 0.567. The number of aromatic nitrogens is 2. The van der Waals surface area contributed by atoms with Crippen molar-refractivity contribution < 1.29 is 23.7 Å². The summed E-state index contributed by atoms with van der Waals surface area (Å²) in [4.78, 5) is 16.2. The normalized spacial score (nSPS) is 22.5. The summed E-state index contributed by atoms with van der Waals surface area (Å²) in [6, 6.07) is 0. The molecule has 2 aliphatic heterocycles. The van der Waals surface area contributed by atoms with Crippen LogP contribution in [0.2, 0.25) is 0 Å². The third-order valence-electron chi connectivity index (χ3n) is 6.77. The molecule has 35 heavy (non-hydrogen) atoms. The van der Waals surface area contributed by atoms with Gasteiger partial charge in [-0.3, -0.25) is 0 Å². The lowest BCUT2D eigenvalue weighted by atomic mass is 9.91. The summed E-state index contributed by atoms with van der Waals surface area (Å²) in [5, 5.41) is 5.02. The summed E-state index contributed by atoms with van der Waals surface area (Å²) in [6.45, 7) is 9.82. The van der Waals surface area contributed by atoms with Crippen LogP contribution < -0.4 is 0 Å². The second kappa shape index (κ2) is 11.0. The van der Waals surface area contributed by atoms with Crippen LogP contribution in [-0.2, 0) is 25.5 Å². The van der Waals surface area contributed by atoms with E-state index in [-0.39, 0.29) is 12.3 Å². The predicted octanol–water partition coefficient (Wildman–Crippen LogP) is 4.19. The predicted molar refractivity (Wildman–Crippen MR) is 133 cm³/mol. The molecule has 1 aliphatic carbocycles. The van der Waals surface area contributed by atoms with Crippen molar-refractivity contribution in [2.24, 2.45) is 0 Å². The maximum Gasteiger partial charge on any atom is 0.410 e. The van der Waals surface area contributed by atoms with Crippen molar-refractivity contribution >= 4 is 11.7 Å². The van der Waals surface area contributed by atoms with Gasteiger partial charge in [-0.25, -0.2) is 9.48 Å². The number of likely N-dealkylation sites (N-methyl/N-ethyl adjacent to an activating group) is 2. The molecule has 9 heteroatoms. The van der Waals surface area contributed by atoms with E-state index >= 15 is 0 Å². The van der Waals surface area contributed by atoms with Gasteiger partial charge in [-0.05, 0) is 59.1 Å². The standard InChI is InChI=1S/C26H42N4O5/c1-25(2,3)35-24(31)29(5)14-13-28(4)18-21-19-30(22-8-6-7-15-32-22)27-23(21)20-9-11-26(12-10-20)33-16-17-34-26/h9,19,22H,6-8,10-18H2,1-5H3/t22-/m1/s1. The molecule has 3 aliphatic rings. The van der Waals surface area contributed by atoms with Crippen molar-refractivity contribution in [1.29, 1.82) is 0 Å². The molecule has 196 valence electrons. The average molecular weight is 491 g/mol. The van der Waals surface area contributed by atoms with Crippen LogP contribution in [0.1, 0.15) is 76.8 Å². The molecule has 0 aromatic carbocycles. The van der Waals surface area contributed by atoms with E-state index in [0.29, 0.717) is 19.8 Å². The van der Waals surface area contributed by atoms with Crippen molar-refractivity contribution in [1.82, 2.24) is 19.6 Å². The van der Waals surface area contributed by atoms with Crippen LogP contribution in [0.5, 0.6) is 0 Å². The molecule has 9 nitrogen and oxygen atoms in total. The summed E-state index contributed by atoms with van der Waals surface area (Å²) in [6.07, 6.45) is 9.82. The number of hydrogen-bond acceptors (Lipinski definition) is 7. The molecule has 1 aromatic heterocycles. The first-order valence-electron chi connectivity index (χ1n) is 12.9. The molecular weight excluding hydrogens is 448 g/mol. The smallest absolute Gasteiger partial charge is 0.410 e. The Morgan fingerprint density at radius 3 is 2.60 bits per heavy atom. The van der Waals surface area contributed by atoms with Gasteiger partial charge in [-0.1, -0.05) is 6.08 Å². The van der Waals surface area contributed by atoms with Crippen LogP contribution in [0.3, 0.4) is 0 Å². The molecule has 2 fully saturated rings. The zero-order chi connectivity index (χ0) is 25.1. The Bertz CT molecular complexity index is 894. The number of carbonyl (C=O) groups is 1. The Balaban J connectivity index is 1.44. The van der Waals surface area contributed by atoms with Gasteiger partial charge in [0, 0.05) is 57.9 Å². The first kappa shape index (κ1) is 26.1. The van der Waals surface area contributed by atoms with Crippen molar-refractivity contribution in [3.05, 3.63) is 23.5 Å². The fourth-order valence-corrected chi connectivity index (χ4v) is 4.80. The van der Waals surface area contributed by atoms with Gasteiger partial charge < -0.3 is 28.7 Å². The second-order valence-electron chi connectivity index (χ2n) is 11.0. The zero-order valence-electron chi connectivity index (χ0n) is 22.0. The Morgan fingerprint density at radius 1 is 1.20 bits per heavy atom. The van der Waals surface area contributed by atoms with Crippen LogP contribution in [0.4, 0.5) is 4.79 Å². The highest BCUT2D eigenvalue weighted by Gasteiger charge is 2.38. The van der Waals surface area contributed by atoms with Crippen LogP contribution in [0, 0.1) is 0 Å². The van der Waals surface area contributed by atoms with Crippen LogP contribution >= 0.6 is 0 Å². The zero-order valence-corrected chi connectivity index (χ0v) is 22.0. The summed E-state index contributed by atoms with van der Waals surface area (Å²) in [7, 11) is 3.85.